The highest BCUT2D eigenvalue weighted by molar-refractivity contribution is 5.05. The normalized spacial score (nSPS) is 19.9. The predicted molar refractivity (Wildman–Crippen MR) is 143 cm³/mol. The summed E-state index contributed by atoms with van der Waals surface area (Å²) in [5.74, 6) is 0. The molecule has 4 nitrogen and oxygen atoms in total. The summed E-state index contributed by atoms with van der Waals surface area (Å²) in [6.45, 7) is 33.0. The Morgan fingerprint density at radius 2 is 0.839 bits per heavy atom. The van der Waals surface area contributed by atoms with Crippen molar-refractivity contribution < 1.29 is 0 Å². The number of nitrogens with zero attached hydrogens (tertiary/aromatic N) is 2. The highest BCUT2D eigenvalue weighted by Gasteiger charge is 2.48. The lowest BCUT2D eigenvalue weighted by atomic mass is 9.65. The lowest BCUT2D eigenvalue weighted by molar-refractivity contribution is 0.0998. The number of hydrogen-bond acceptors (Lipinski definition) is 4. The Hall–Kier alpha value is -0.160. The van der Waals surface area contributed by atoms with Crippen molar-refractivity contribution in [1.82, 2.24) is 20.4 Å². The smallest absolute Gasteiger partial charge is 0.0511 e. The maximum Gasteiger partial charge on any atom is 0.0511 e. The summed E-state index contributed by atoms with van der Waals surface area (Å²) in [6, 6.07) is 0. The van der Waals surface area contributed by atoms with Gasteiger partial charge in [0.15, 0.2) is 0 Å². The SMILES string of the molecule is CCC(C)(C)C(C)(C)CC.CN1CN(C)C(C)(C)C1(C)C.CNC(C)(C)C(C)(C)NC. The number of nitrogens with one attached hydrogen (secondary N) is 2. The third kappa shape index (κ3) is 7.69. The van der Waals surface area contributed by atoms with Crippen molar-refractivity contribution in [1.29, 1.82) is 0 Å². The van der Waals surface area contributed by atoms with Crippen LogP contribution in [0, 0.1) is 10.8 Å². The van der Waals surface area contributed by atoms with Crippen LogP contribution in [0.1, 0.15) is 110 Å². The van der Waals surface area contributed by atoms with E-state index in [4.69, 9.17) is 0 Å². The number of hydrogen-bond donors (Lipinski definition) is 2. The molecule has 0 radical (unpaired) electrons. The summed E-state index contributed by atoms with van der Waals surface area (Å²) in [4.78, 5) is 4.79. The van der Waals surface area contributed by atoms with E-state index in [1.807, 2.05) is 14.1 Å². The first-order chi connectivity index (χ1) is 13.5. The van der Waals surface area contributed by atoms with Crippen LogP contribution in [0.15, 0.2) is 0 Å². The molecule has 0 aromatic heterocycles. The fraction of sp³-hybridized carbons (Fsp3) is 1.00. The van der Waals surface area contributed by atoms with Crippen molar-refractivity contribution in [3.63, 3.8) is 0 Å². The summed E-state index contributed by atoms with van der Waals surface area (Å²) in [6.07, 6.45) is 2.54. The van der Waals surface area contributed by atoms with Crippen LogP contribution in [-0.2, 0) is 0 Å². The van der Waals surface area contributed by atoms with E-state index in [2.05, 4.69) is 131 Å². The minimum atomic E-state index is 0.127. The Labute approximate surface area is 198 Å². The van der Waals surface area contributed by atoms with Crippen LogP contribution < -0.4 is 10.6 Å². The molecule has 0 atom stereocenters. The van der Waals surface area contributed by atoms with Crippen molar-refractivity contribution in [2.24, 2.45) is 10.8 Å². The van der Waals surface area contributed by atoms with Gasteiger partial charge >= 0.3 is 0 Å². The standard InChI is InChI=1S/C10H22.C9H20N2.C8H20N2/c1-7-9(3,4)10(5,6)8-2;1-8(2)9(3,4)11(6)7-10(8)5;1-7(2,9-5)8(3,4)10-6/h7-8H2,1-6H3;7H2,1-6H3;9-10H,1-6H3. The number of rotatable bonds is 6. The van der Waals surface area contributed by atoms with Crippen LogP contribution >= 0.6 is 0 Å². The molecule has 0 aliphatic carbocycles. The Balaban J connectivity index is 0. The minimum absolute atomic E-state index is 0.127. The van der Waals surface area contributed by atoms with Gasteiger partial charge in [-0.25, -0.2) is 0 Å². The van der Waals surface area contributed by atoms with Crippen LogP contribution in [0.2, 0.25) is 0 Å². The summed E-state index contributed by atoms with van der Waals surface area (Å²) in [5, 5.41) is 6.54. The van der Waals surface area contributed by atoms with Crippen molar-refractivity contribution in [2.45, 2.75) is 132 Å². The van der Waals surface area contributed by atoms with E-state index >= 15 is 0 Å². The monoisotopic (exact) mass is 442 g/mol. The largest absolute Gasteiger partial charge is 0.313 e. The molecule has 0 aromatic carbocycles. The van der Waals surface area contributed by atoms with Gasteiger partial charge in [0.25, 0.3) is 0 Å². The van der Waals surface area contributed by atoms with Crippen LogP contribution in [0.25, 0.3) is 0 Å². The fourth-order valence-corrected chi connectivity index (χ4v) is 3.19. The summed E-state index contributed by atoms with van der Waals surface area (Å²) in [7, 11) is 8.34. The van der Waals surface area contributed by atoms with Crippen LogP contribution in [-0.4, -0.2) is 66.8 Å². The summed E-state index contributed by atoms with van der Waals surface area (Å²) >= 11 is 0. The van der Waals surface area contributed by atoms with E-state index in [-0.39, 0.29) is 22.2 Å². The van der Waals surface area contributed by atoms with Gasteiger partial charge in [-0.3, -0.25) is 9.80 Å². The molecule has 0 amide bonds. The van der Waals surface area contributed by atoms with Crippen LogP contribution in [0.5, 0.6) is 0 Å². The van der Waals surface area contributed by atoms with E-state index in [0.29, 0.717) is 10.8 Å². The molecule has 0 spiro atoms. The zero-order valence-corrected chi connectivity index (χ0v) is 25.0. The molecule has 2 N–H and O–H groups in total. The van der Waals surface area contributed by atoms with E-state index in [1.54, 1.807) is 0 Å². The van der Waals surface area contributed by atoms with Gasteiger partial charge < -0.3 is 10.6 Å². The lowest BCUT2D eigenvalue weighted by Crippen LogP contribution is -2.61. The Kier molecular flexibility index (Phi) is 12.0. The summed E-state index contributed by atoms with van der Waals surface area (Å²) < 4.78 is 0. The Bertz CT molecular complexity index is 441. The number of likely N-dealkylation sites (N-methyl/N-ethyl adjacent to an activating group) is 4. The van der Waals surface area contributed by atoms with E-state index in [0.717, 1.165) is 6.67 Å². The fourth-order valence-electron chi connectivity index (χ4n) is 3.19. The molecule has 0 unspecified atom stereocenters. The molecule has 1 saturated heterocycles. The van der Waals surface area contributed by atoms with Gasteiger partial charge in [-0.2, -0.15) is 0 Å². The predicted octanol–water partition coefficient (Wildman–Crippen LogP) is 6.22. The van der Waals surface area contributed by atoms with Crippen molar-refractivity contribution >= 4 is 0 Å². The third-order valence-electron chi connectivity index (χ3n) is 10.2. The van der Waals surface area contributed by atoms with Crippen LogP contribution in [0.3, 0.4) is 0 Å². The zero-order valence-electron chi connectivity index (χ0n) is 25.0. The summed E-state index contributed by atoms with van der Waals surface area (Å²) in [5.41, 5.74) is 1.79. The lowest BCUT2D eigenvalue weighted by Gasteiger charge is -2.41. The molecular weight excluding hydrogens is 380 g/mol. The van der Waals surface area contributed by atoms with Crippen LogP contribution in [0.4, 0.5) is 0 Å². The Morgan fingerprint density at radius 1 is 0.613 bits per heavy atom. The van der Waals surface area contributed by atoms with Crippen molar-refractivity contribution in [2.75, 3.05) is 34.9 Å². The second-order valence-corrected chi connectivity index (χ2v) is 12.9. The molecule has 1 aliphatic rings. The third-order valence-corrected chi connectivity index (χ3v) is 10.2. The highest BCUT2D eigenvalue weighted by atomic mass is 15.4. The molecule has 1 rings (SSSR count). The maximum atomic E-state index is 3.27. The average molecular weight is 443 g/mol. The first kappa shape index (κ1) is 33.0. The quantitative estimate of drug-likeness (QED) is 0.511. The van der Waals surface area contributed by atoms with Crippen molar-refractivity contribution in [3.05, 3.63) is 0 Å². The second kappa shape index (κ2) is 11.3. The van der Waals surface area contributed by atoms with Gasteiger partial charge in [0.1, 0.15) is 0 Å². The zero-order chi connectivity index (χ0) is 25.7. The molecule has 0 aromatic rings. The molecule has 1 fully saturated rings. The molecular formula is C27H62N4. The molecule has 4 heteroatoms. The molecule has 31 heavy (non-hydrogen) atoms. The minimum Gasteiger partial charge on any atom is -0.313 e. The van der Waals surface area contributed by atoms with E-state index in [9.17, 15) is 0 Å². The molecule has 1 heterocycles. The first-order valence-corrected chi connectivity index (χ1v) is 12.3. The molecule has 190 valence electrons. The van der Waals surface area contributed by atoms with E-state index < -0.39 is 0 Å². The maximum absolute atomic E-state index is 3.27. The van der Waals surface area contributed by atoms with Gasteiger partial charge in [-0.05, 0) is 94.4 Å². The van der Waals surface area contributed by atoms with Crippen molar-refractivity contribution in [3.8, 4) is 0 Å². The van der Waals surface area contributed by atoms with Gasteiger partial charge in [0.05, 0.1) is 6.67 Å². The van der Waals surface area contributed by atoms with Gasteiger partial charge in [-0.15, -0.1) is 0 Å². The van der Waals surface area contributed by atoms with Gasteiger partial charge in [0, 0.05) is 22.2 Å². The second-order valence-electron chi connectivity index (χ2n) is 12.9. The topological polar surface area (TPSA) is 30.5 Å². The average Bonchev–Trinajstić information content (AvgIpc) is 2.80. The first-order valence-electron chi connectivity index (χ1n) is 12.3. The molecule has 0 bridgehead atoms. The highest BCUT2D eigenvalue weighted by Crippen LogP contribution is 2.43. The molecule has 1 aliphatic heterocycles. The van der Waals surface area contributed by atoms with Gasteiger partial charge in [-0.1, -0.05) is 54.4 Å². The molecule has 0 saturated carbocycles. The van der Waals surface area contributed by atoms with E-state index in [1.165, 1.54) is 12.8 Å². The van der Waals surface area contributed by atoms with Gasteiger partial charge in [0.2, 0.25) is 0 Å². The Morgan fingerprint density at radius 3 is 0.935 bits per heavy atom.